The third-order valence-corrected chi connectivity index (χ3v) is 7.95. The zero-order chi connectivity index (χ0) is 24.4. The van der Waals surface area contributed by atoms with Gasteiger partial charge in [-0.05, 0) is 61.8 Å². The Morgan fingerprint density at radius 2 is 1.91 bits per heavy atom. The molecule has 0 radical (unpaired) electrons. The molecule has 0 spiro atoms. The van der Waals surface area contributed by atoms with Gasteiger partial charge in [0.25, 0.3) is 5.91 Å². The van der Waals surface area contributed by atoms with Crippen molar-refractivity contribution >= 4 is 34.7 Å². The van der Waals surface area contributed by atoms with E-state index in [1.165, 1.54) is 32.1 Å². The van der Waals surface area contributed by atoms with E-state index < -0.39 is 0 Å². The Morgan fingerprint density at radius 3 is 2.60 bits per heavy atom. The van der Waals surface area contributed by atoms with E-state index in [-0.39, 0.29) is 5.91 Å². The van der Waals surface area contributed by atoms with Crippen LogP contribution in [0.15, 0.2) is 36.4 Å². The van der Waals surface area contributed by atoms with E-state index in [2.05, 4.69) is 23.7 Å². The first-order valence-electron chi connectivity index (χ1n) is 12.6. The number of aromatic nitrogens is 2. The summed E-state index contributed by atoms with van der Waals surface area (Å²) >= 11 is 12.8. The van der Waals surface area contributed by atoms with Crippen LogP contribution in [0.1, 0.15) is 60.3 Å². The molecular formula is C27H32Cl2N4O2. The molecule has 1 aromatic carbocycles. The Labute approximate surface area is 216 Å². The number of benzene rings is 1. The summed E-state index contributed by atoms with van der Waals surface area (Å²) < 4.78 is 7.18. The van der Waals surface area contributed by atoms with E-state index in [9.17, 15) is 4.79 Å². The molecule has 3 aliphatic rings. The highest BCUT2D eigenvalue weighted by atomic mass is 35.5. The summed E-state index contributed by atoms with van der Waals surface area (Å²) in [5.41, 5.74) is 6.86. The fourth-order valence-electron chi connectivity index (χ4n) is 5.47. The van der Waals surface area contributed by atoms with Crippen molar-refractivity contribution in [3.05, 3.63) is 63.4 Å². The molecule has 2 aromatic rings. The molecule has 2 heterocycles. The van der Waals surface area contributed by atoms with Crippen molar-refractivity contribution in [2.75, 3.05) is 26.3 Å². The Balaban J connectivity index is 1.48. The first-order valence-corrected chi connectivity index (χ1v) is 13.3. The van der Waals surface area contributed by atoms with Crippen molar-refractivity contribution in [2.24, 2.45) is 11.8 Å². The van der Waals surface area contributed by atoms with Crippen LogP contribution in [-0.4, -0.2) is 47.0 Å². The highest BCUT2D eigenvalue weighted by Gasteiger charge is 2.28. The lowest BCUT2D eigenvalue weighted by Gasteiger charge is -2.29. The predicted octanol–water partition coefficient (Wildman–Crippen LogP) is 6.00. The number of carbonyl (C=O) groups excluding carboxylic acids is 1. The number of ether oxygens (including phenoxy) is 1. The first-order chi connectivity index (χ1) is 17.0. The van der Waals surface area contributed by atoms with Crippen LogP contribution in [0, 0.1) is 18.8 Å². The molecule has 2 aliphatic carbocycles. The molecule has 0 bridgehead atoms. The lowest BCUT2D eigenvalue weighted by atomic mass is 9.76. The summed E-state index contributed by atoms with van der Waals surface area (Å²) in [5, 5.41) is 7.69. The Hall–Kier alpha value is -2.12. The molecule has 8 heteroatoms. The number of allylic oxidation sites excluding steroid dienone is 4. The van der Waals surface area contributed by atoms with E-state index in [1.807, 2.05) is 18.0 Å². The van der Waals surface area contributed by atoms with E-state index >= 15 is 0 Å². The second kappa shape index (κ2) is 10.9. The molecule has 2 fully saturated rings. The fraction of sp³-hybridized carbons (Fsp3) is 0.481. The predicted molar refractivity (Wildman–Crippen MR) is 140 cm³/mol. The third-order valence-electron chi connectivity index (χ3n) is 7.41. The van der Waals surface area contributed by atoms with Crippen molar-refractivity contribution in [1.29, 1.82) is 0 Å². The number of hydrogen-bond acceptors (Lipinski definition) is 4. The van der Waals surface area contributed by atoms with Crippen LogP contribution in [0.25, 0.3) is 11.3 Å². The quantitative estimate of drug-likeness (QED) is 0.531. The molecule has 6 nitrogen and oxygen atoms in total. The number of amides is 1. The second-order valence-corrected chi connectivity index (χ2v) is 10.5. The molecule has 1 aromatic heterocycles. The molecule has 1 saturated heterocycles. The van der Waals surface area contributed by atoms with Gasteiger partial charge in [-0.2, -0.15) is 5.10 Å². The van der Waals surface area contributed by atoms with Crippen LogP contribution in [-0.2, 0) is 4.74 Å². The van der Waals surface area contributed by atoms with Crippen LogP contribution < -0.4 is 5.43 Å². The third kappa shape index (κ3) is 5.36. The van der Waals surface area contributed by atoms with Gasteiger partial charge in [-0.25, -0.2) is 9.69 Å². The Morgan fingerprint density at radius 1 is 1.14 bits per heavy atom. The summed E-state index contributed by atoms with van der Waals surface area (Å²) in [6.07, 6.45) is 14.6. The topological polar surface area (TPSA) is 59.4 Å². The van der Waals surface area contributed by atoms with Crippen LogP contribution in [0.4, 0.5) is 0 Å². The van der Waals surface area contributed by atoms with Crippen LogP contribution in [0.3, 0.4) is 0 Å². The van der Waals surface area contributed by atoms with E-state index in [0.29, 0.717) is 53.6 Å². The standard InChI is InChI=1S/C27H32Cl2N4O2/c1-18-25(27(34)31-32-13-15-35-16-14-32)30-33(24-12-11-22(28)17-23(24)29)26(18)21-9-7-20(8-10-21)19-5-3-2-4-6-19/h7,9-12,17,19-20H,2-6,8,13-16H2,1H3,(H,31,34). The molecule has 1 atom stereocenters. The van der Waals surface area contributed by atoms with Crippen molar-refractivity contribution in [3.8, 4) is 5.69 Å². The van der Waals surface area contributed by atoms with Crippen molar-refractivity contribution in [3.63, 3.8) is 0 Å². The minimum atomic E-state index is -0.227. The average molecular weight is 515 g/mol. The Bertz CT molecular complexity index is 1140. The number of hydrogen-bond donors (Lipinski definition) is 1. The molecule has 1 unspecified atom stereocenters. The summed E-state index contributed by atoms with van der Waals surface area (Å²) in [4.78, 5) is 13.2. The SMILES string of the molecule is Cc1c(C(=O)NN2CCOCC2)nn(-c2ccc(Cl)cc2Cl)c1C1=CCC(C2CCCCC2)C=C1. The molecule has 1 saturated carbocycles. The number of nitrogens with one attached hydrogen (secondary N) is 1. The number of morpholine rings is 1. The van der Waals surface area contributed by atoms with Crippen molar-refractivity contribution in [2.45, 2.75) is 45.4 Å². The average Bonchev–Trinajstić information content (AvgIpc) is 3.22. The lowest BCUT2D eigenvalue weighted by Crippen LogP contribution is -2.48. The van der Waals surface area contributed by atoms with Crippen LogP contribution in [0.5, 0.6) is 0 Å². The van der Waals surface area contributed by atoms with Gasteiger partial charge < -0.3 is 4.74 Å². The lowest BCUT2D eigenvalue weighted by molar-refractivity contribution is 0.0124. The van der Waals surface area contributed by atoms with E-state index in [1.54, 1.807) is 16.8 Å². The summed E-state index contributed by atoms with van der Waals surface area (Å²) in [7, 11) is 0. The number of hydrazine groups is 1. The minimum Gasteiger partial charge on any atom is -0.379 e. The van der Waals surface area contributed by atoms with Crippen molar-refractivity contribution < 1.29 is 9.53 Å². The summed E-state index contributed by atoms with van der Waals surface area (Å²) in [6.45, 7) is 4.45. The maximum absolute atomic E-state index is 13.2. The highest BCUT2D eigenvalue weighted by Crippen LogP contribution is 2.38. The minimum absolute atomic E-state index is 0.227. The molecular weight excluding hydrogens is 483 g/mol. The molecule has 5 rings (SSSR count). The smallest absolute Gasteiger partial charge is 0.286 e. The maximum Gasteiger partial charge on any atom is 0.286 e. The fourth-order valence-corrected chi connectivity index (χ4v) is 5.96. The molecule has 35 heavy (non-hydrogen) atoms. The molecule has 1 aliphatic heterocycles. The zero-order valence-corrected chi connectivity index (χ0v) is 21.6. The molecule has 186 valence electrons. The molecule has 1 amide bonds. The normalized spacial score (nSPS) is 21.7. The first kappa shape index (κ1) is 24.6. The summed E-state index contributed by atoms with van der Waals surface area (Å²) in [6, 6.07) is 5.35. The number of carbonyl (C=O) groups is 1. The van der Waals surface area contributed by atoms with E-state index in [0.717, 1.165) is 29.2 Å². The second-order valence-electron chi connectivity index (χ2n) is 9.69. The van der Waals surface area contributed by atoms with Gasteiger partial charge in [0.15, 0.2) is 5.69 Å². The monoisotopic (exact) mass is 514 g/mol. The number of rotatable bonds is 5. The largest absolute Gasteiger partial charge is 0.379 e. The van der Waals surface area contributed by atoms with Gasteiger partial charge in [0.2, 0.25) is 0 Å². The Kier molecular flexibility index (Phi) is 7.63. The van der Waals surface area contributed by atoms with Gasteiger partial charge >= 0.3 is 0 Å². The molecule has 1 N–H and O–H groups in total. The zero-order valence-electron chi connectivity index (χ0n) is 20.1. The van der Waals surface area contributed by atoms with Crippen LogP contribution in [0.2, 0.25) is 10.0 Å². The number of halogens is 2. The van der Waals surface area contributed by atoms with Crippen molar-refractivity contribution in [1.82, 2.24) is 20.2 Å². The van der Waals surface area contributed by atoms with Gasteiger partial charge in [0.1, 0.15) is 0 Å². The van der Waals surface area contributed by atoms with Gasteiger partial charge in [0.05, 0.1) is 29.6 Å². The highest BCUT2D eigenvalue weighted by molar-refractivity contribution is 6.35. The van der Waals surface area contributed by atoms with E-state index in [4.69, 9.17) is 33.0 Å². The van der Waals surface area contributed by atoms with Gasteiger partial charge in [-0.1, -0.05) is 60.7 Å². The number of nitrogens with zero attached hydrogens (tertiary/aromatic N) is 3. The maximum atomic E-state index is 13.2. The van der Waals surface area contributed by atoms with Gasteiger partial charge in [-0.15, -0.1) is 0 Å². The van der Waals surface area contributed by atoms with Crippen LogP contribution >= 0.6 is 23.2 Å². The summed E-state index contributed by atoms with van der Waals surface area (Å²) in [5.74, 6) is 1.12. The van der Waals surface area contributed by atoms with Gasteiger partial charge in [0, 0.05) is 23.7 Å². The van der Waals surface area contributed by atoms with Gasteiger partial charge in [-0.3, -0.25) is 10.2 Å².